The molecule has 86 valence electrons. The van der Waals surface area contributed by atoms with Gasteiger partial charge in [-0.2, -0.15) is 0 Å². The topological polar surface area (TPSA) is 90.7 Å². The summed E-state index contributed by atoms with van der Waals surface area (Å²) in [7, 11) is 2.52. The van der Waals surface area contributed by atoms with Crippen molar-refractivity contribution in [2.75, 3.05) is 14.2 Å². The number of amides is 1. The van der Waals surface area contributed by atoms with Crippen LogP contribution in [-0.4, -0.2) is 25.1 Å². The average Bonchev–Trinajstić information content (AvgIpc) is 2.28. The van der Waals surface area contributed by atoms with Gasteiger partial charge in [0.25, 0.3) is 5.91 Å². The van der Waals surface area contributed by atoms with Gasteiger partial charge in [0.15, 0.2) is 0 Å². The summed E-state index contributed by atoms with van der Waals surface area (Å²) in [5.41, 5.74) is 1.83. The number of nitro benzene ring substituents is 1. The first kappa shape index (κ1) is 11.9. The normalized spacial score (nSPS) is 9.62. The van der Waals surface area contributed by atoms with E-state index in [0.29, 0.717) is 0 Å². The Morgan fingerprint density at radius 2 is 2.12 bits per heavy atom. The third-order valence-corrected chi connectivity index (χ3v) is 1.83. The third-order valence-electron chi connectivity index (χ3n) is 1.83. The van der Waals surface area contributed by atoms with Gasteiger partial charge in [-0.1, -0.05) is 6.07 Å². The Morgan fingerprint density at radius 3 is 2.62 bits per heavy atom. The van der Waals surface area contributed by atoms with E-state index in [1.165, 1.54) is 32.4 Å². The SMILES string of the molecule is CONC(=O)c1cccc([N+](=O)[O-])c1OC. The van der Waals surface area contributed by atoms with Crippen LogP contribution in [0, 0.1) is 10.1 Å². The highest BCUT2D eigenvalue weighted by Crippen LogP contribution is 2.30. The summed E-state index contributed by atoms with van der Waals surface area (Å²) in [5.74, 6) is -0.704. The first-order valence-corrected chi connectivity index (χ1v) is 4.26. The number of ether oxygens (including phenoxy) is 1. The lowest BCUT2D eigenvalue weighted by molar-refractivity contribution is -0.385. The number of benzene rings is 1. The quantitative estimate of drug-likeness (QED) is 0.608. The highest BCUT2D eigenvalue weighted by Gasteiger charge is 2.22. The minimum Gasteiger partial charge on any atom is -0.490 e. The number of carbonyl (C=O) groups excluding carboxylic acids is 1. The van der Waals surface area contributed by atoms with Crippen molar-refractivity contribution >= 4 is 11.6 Å². The summed E-state index contributed by atoms with van der Waals surface area (Å²) in [5, 5.41) is 10.7. The van der Waals surface area contributed by atoms with Gasteiger partial charge in [0, 0.05) is 6.07 Å². The van der Waals surface area contributed by atoms with Crippen LogP contribution in [0.2, 0.25) is 0 Å². The molecule has 1 N–H and O–H groups in total. The molecule has 0 spiro atoms. The van der Waals surface area contributed by atoms with Gasteiger partial charge in [-0.25, -0.2) is 5.48 Å². The second kappa shape index (κ2) is 5.08. The maximum atomic E-state index is 11.5. The molecule has 0 radical (unpaired) electrons. The molecule has 0 unspecified atom stereocenters. The van der Waals surface area contributed by atoms with Gasteiger partial charge in [-0.3, -0.25) is 19.7 Å². The Bertz CT molecular complexity index is 418. The maximum Gasteiger partial charge on any atom is 0.311 e. The van der Waals surface area contributed by atoms with Gasteiger partial charge < -0.3 is 4.74 Å². The van der Waals surface area contributed by atoms with Crippen molar-refractivity contribution in [3.63, 3.8) is 0 Å². The molecule has 0 aliphatic rings. The molecule has 0 saturated carbocycles. The summed E-state index contributed by atoms with van der Waals surface area (Å²) >= 11 is 0. The largest absolute Gasteiger partial charge is 0.490 e. The lowest BCUT2D eigenvalue weighted by Gasteiger charge is -2.07. The Balaban J connectivity index is 3.24. The predicted octanol–water partition coefficient (Wildman–Crippen LogP) is 0.895. The second-order valence-electron chi connectivity index (χ2n) is 2.75. The molecular weight excluding hydrogens is 216 g/mol. The summed E-state index contributed by atoms with van der Waals surface area (Å²) < 4.78 is 4.85. The zero-order chi connectivity index (χ0) is 12.1. The number of para-hydroxylation sites is 1. The van der Waals surface area contributed by atoms with E-state index in [0.717, 1.165) is 0 Å². The lowest BCUT2D eigenvalue weighted by Crippen LogP contribution is -2.22. The summed E-state index contributed by atoms with van der Waals surface area (Å²) in [6, 6.07) is 4.05. The van der Waals surface area contributed by atoms with Crippen LogP contribution < -0.4 is 10.2 Å². The first-order chi connectivity index (χ1) is 7.61. The minimum atomic E-state index is -0.623. The summed E-state index contributed by atoms with van der Waals surface area (Å²) in [6.07, 6.45) is 0. The molecule has 1 aromatic rings. The van der Waals surface area contributed by atoms with Crippen LogP contribution in [0.15, 0.2) is 18.2 Å². The van der Waals surface area contributed by atoms with Crippen LogP contribution in [-0.2, 0) is 4.84 Å². The number of methoxy groups -OCH3 is 1. The van der Waals surface area contributed by atoms with Crippen molar-refractivity contribution < 1.29 is 19.3 Å². The highest BCUT2D eigenvalue weighted by molar-refractivity contribution is 5.97. The molecule has 0 fully saturated rings. The van der Waals surface area contributed by atoms with Crippen LogP contribution in [0.5, 0.6) is 5.75 Å². The van der Waals surface area contributed by atoms with Gasteiger partial charge in [-0.05, 0) is 6.07 Å². The number of nitrogens with one attached hydrogen (secondary N) is 1. The Morgan fingerprint density at radius 1 is 1.44 bits per heavy atom. The molecule has 0 aliphatic heterocycles. The number of hydrogen-bond acceptors (Lipinski definition) is 5. The minimum absolute atomic E-state index is 0.0403. The molecule has 7 heteroatoms. The van der Waals surface area contributed by atoms with E-state index < -0.39 is 10.8 Å². The molecule has 16 heavy (non-hydrogen) atoms. The van der Waals surface area contributed by atoms with Gasteiger partial charge in [0.1, 0.15) is 0 Å². The van der Waals surface area contributed by atoms with Crippen molar-refractivity contribution in [2.24, 2.45) is 0 Å². The number of nitrogens with zero attached hydrogens (tertiary/aromatic N) is 1. The Hall–Kier alpha value is -2.15. The van der Waals surface area contributed by atoms with E-state index in [1.54, 1.807) is 0 Å². The van der Waals surface area contributed by atoms with E-state index in [1.807, 2.05) is 0 Å². The van der Waals surface area contributed by atoms with Crippen molar-refractivity contribution in [1.29, 1.82) is 0 Å². The van der Waals surface area contributed by atoms with Crippen LogP contribution in [0.1, 0.15) is 10.4 Å². The molecule has 7 nitrogen and oxygen atoms in total. The monoisotopic (exact) mass is 226 g/mol. The van der Waals surface area contributed by atoms with Gasteiger partial charge in [0.05, 0.1) is 24.7 Å². The van der Waals surface area contributed by atoms with E-state index in [9.17, 15) is 14.9 Å². The fraction of sp³-hybridized carbons (Fsp3) is 0.222. The highest BCUT2D eigenvalue weighted by atomic mass is 16.6. The van der Waals surface area contributed by atoms with Crippen LogP contribution >= 0.6 is 0 Å². The van der Waals surface area contributed by atoms with Crippen molar-refractivity contribution in [3.8, 4) is 5.75 Å². The average molecular weight is 226 g/mol. The van der Waals surface area contributed by atoms with E-state index in [-0.39, 0.29) is 17.0 Å². The Kier molecular flexibility index (Phi) is 3.78. The summed E-state index contributed by atoms with van der Waals surface area (Å²) in [4.78, 5) is 25.9. The molecule has 0 aromatic heterocycles. The molecular formula is C9H10N2O5. The zero-order valence-electron chi connectivity index (χ0n) is 8.72. The van der Waals surface area contributed by atoms with Gasteiger partial charge >= 0.3 is 5.69 Å². The molecule has 0 saturated heterocycles. The van der Waals surface area contributed by atoms with E-state index in [2.05, 4.69) is 10.3 Å². The second-order valence-corrected chi connectivity index (χ2v) is 2.75. The fourth-order valence-corrected chi connectivity index (χ4v) is 1.21. The fourth-order valence-electron chi connectivity index (χ4n) is 1.21. The molecule has 0 aliphatic carbocycles. The van der Waals surface area contributed by atoms with E-state index in [4.69, 9.17) is 4.74 Å². The molecule has 1 rings (SSSR count). The zero-order valence-corrected chi connectivity index (χ0v) is 8.72. The first-order valence-electron chi connectivity index (χ1n) is 4.26. The van der Waals surface area contributed by atoms with Crippen LogP contribution in [0.25, 0.3) is 0 Å². The molecule has 0 bridgehead atoms. The number of hydroxylamine groups is 1. The number of rotatable bonds is 4. The maximum absolute atomic E-state index is 11.5. The van der Waals surface area contributed by atoms with Crippen LogP contribution in [0.4, 0.5) is 5.69 Å². The third kappa shape index (κ3) is 2.26. The smallest absolute Gasteiger partial charge is 0.311 e. The number of hydrogen-bond donors (Lipinski definition) is 1. The molecule has 0 atom stereocenters. The van der Waals surface area contributed by atoms with E-state index >= 15 is 0 Å². The molecule has 0 heterocycles. The van der Waals surface area contributed by atoms with Gasteiger partial charge in [-0.15, -0.1) is 0 Å². The standard InChI is InChI=1S/C9H10N2O5/c1-15-8-6(9(12)10-16-2)4-3-5-7(8)11(13)14/h3-5H,1-2H3,(H,10,12). The predicted molar refractivity (Wildman–Crippen MR) is 54.1 cm³/mol. The Labute approximate surface area is 91.1 Å². The van der Waals surface area contributed by atoms with Crippen molar-refractivity contribution in [2.45, 2.75) is 0 Å². The number of nitro groups is 1. The summed E-state index contributed by atoms with van der Waals surface area (Å²) in [6.45, 7) is 0. The van der Waals surface area contributed by atoms with Crippen LogP contribution in [0.3, 0.4) is 0 Å². The number of carbonyl (C=O) groups is 1. The molecule has 1 amide bonds. The lowest BCUT2D eigenvalue weighted by atomic mass is 10.1. The van der Waals surface area contributed by atoms with Gasteiger partial charge in [0.2, 0.25) is 5.75 Å². The molecule has 1 aromatic carbocycles. The van der Waals surface area contributed by atoms with Crippen molar-refractivity contribution in [1.82, 2.24) is 5.48 Å². The van der Waals surface area contributed by atoms with Crippen molar-refractivity contribution in [3.05, 3.63) is 33.9 Å².